The SMILES string of the molecule is CCNC(=NCc1ccc(C)cc1OCCCOC)NCCS(N)(=O)=O. The minimum Gasteiger partial charge on any atom is -0.493 e. The van der Waals surface area contributed by atoms with Crippen LogP contribution in [0.1, 0.15) is 24.5 Å². The van der Waals surface area contributed by atoms with Gasteiger partial charge in [0, 0.05) is 38.8 Å². The molecule has 0 aromatic heterocycles. The third-order valence-electron chi connectivity index (χ3n) is 3.40. The minimum absolute atomic E-state index is 0.157. The van der Waals surface area contributed by atoms with Crippen molar-refractivity contribution in [1.82, 2.24) is 10.6 Å². The number of nitrogens with two attached hydrogens (primary N) is 1. The summed E-state index contributed by atoms with van der Waals surface area (Å²) in [7, 11) is -1.84. The van der Waals surface area contributed by atoms with Crippen LogP contribution in [0.15, 0.2) is 23.2 Å². The highest BCUT2D eigenvalue weighted by molar-refractivity contribution is 7.89. The van der Waals surface area contributed by atoms with Crippen LogP contribution in [-0.4, -0.2) is 53.5 Å². The maximum Gasteiger partial charge on any atom is 0.210 e. The first kappa shape index (κ1) is 22.2. The van der Waals surface area contributed by atoms with Crippen LogP contribution in [0.4, 0.5) is 0 Å². The van der Waals surface area contributed by atoms with E-state index in [2.05, 4.69) is 15.6 Å². The van der Waals surface area contributed by atoms with E-state index in [0.29, 0.717) is 32.3 Å². The van der Waals surface area contributed by atoms with Gasteiger partial charge >= 0.3 is 0 Å². The highest BCUT2D eigenvalue weighted by atomic mass is 32.2. The van der Waals surface area contributed by atoms with Crippen molar-refractivity contribution in [2.45, 2.75) is 26.8 Å². The molecule has 8 nitrogen and oxygen atoms in total. The van der Waals surface area contributed by atoms with Gasteiger partial charge in [-0.3, -0.25) is 0 Å². The molecule has 0 aliphatic rings. The molecule has 148 valence electrons. The van der Waals surface area contributed by atoms with Crippen LogP contribution in [0.5, 0.6) is 5.75 Å². The number of guanidine groups is 1. The van der Waals surface area contributed by atoms with Gasteiger partial charge in [0.15, 0.2) is 5.96 Å². The number of aliphatic imine (C=N–C) groups is 1. The number of nitrogens with zero attached hydrogens (tertiary/aromatic N) is 1. The van der Waals surface area contributed by atoms with E-state index in [-0.39, 0.29) is 12.3 Å². The van der Waals surface area contributed by atoms with Crippen molar-refractivity contribution < 1.29 is 17.9 Å². The molecule has 1 aromatic carbocycles. The Morgan fingerprint density at radius 1 is 1.27 bits per heavy atom. The smallest absolute Gasteiger partial charge is 0.210 e. The Labute approximate surface area is 156 Å². The first-order chi connectivity index (χ1) is 12.4. The number of ether oxygens (including phenoxy) is 2. The van der Waals surface area contributed by atoms with Crippen molar-refractivity contribution in [2.75, 3.05) is 39.2 Å². The Bertz CT molecular complexity index is 677. The maximum absolute atomic E-state index is 11.0. The summed E-state index contributed by atoms with van der Waals surface area (Å²) in [6.07, 6.45) is 0.810. The average molecular weight is 387 g/mol. The van der Waals surface area contributed by atoms with Gasteiger partial charge in [-0.25, -0.2) is 18.5 Å². The van der Waals surface area contributed by atoms with Crippen molar-refractivity contribution in [2.24, 2.45) is 10.1 Å². The molecule has 4 N–H and O–H groups in total. The van der Waals surface area contributed by atoms with E-state index < -0.39 is 10.0 Å². The molecule has 0 saturated heterocycles. The predicted octanol–water partition coefficient (Wildman–Crippen LogP) is 0.754. The third-order valence-corrected chi connectivity index (χ3v) is 4.18. The van der Waals surface area contributed by atoms with Gasteiger partial charge < -0.3 is 20.1 Å². The quantitative estimate of drug-likeness (QED) is 0.294. The molecule has 9 heteroatoms. The molecule has 1 aromatic rings. The third kappa shape index (κ3) is 9.59. The number of rotatable bonds is 11. The van der Waals surface area contributed by atoms with Gasteiger partial charge in [0.2, 0.25) is 10.0 Å². The molecule has 0 bridgehead atoms. The van der Waals surface area contributed by atoms with Crippen molar-refractivity contribution in [1.29, 1.82) is 0 Å². The number of primary sulfonamides is 1. The summed E-state index contributed by atoms with van der Waals surface area (Å²) in [4.78, 5) is 4.49. The van der Waals surface area contributed by atoms with Gasteiger partial charge in [-0.1, -0.05) is 12.1 Å². The van der Waals surface area contributed by atoms with Crippen molar-refractivity contribution in [3.05, 3.63) is 29.3 Å². The highest BCUT2D eigenvalue weighted by Crippen LogP contribution is 2.21. The lowest BCUT2D eigenvalue weighted by molar-refractivity contribution is 0.172. The van der Waals surface area contributed by atoms with Gasteiger partial charge in [0.1, 0.15) is 5.75 Å². The molecule has 0 atom stereocenters. The zero-order valence-electron chi connectivity index (χ0n) is 15.7. The van der Waals surface area contributed by atoms with Crippen LogP contribution >= 0.6 is 0 Å². The Hall–Kier alpha value is -1.84. The maximum atomic E-state index is 11.0. The van der Waals surface area contributed by atoms with Gasteiger partial charge in [-0.15, -0.1) is 0 Å². The largest absolute Gasteiger partial charge is 0.493 e. The summed E-state index contributed by atoms with van der Waals surface area (Å²) in [5, 5.41) is 11.0. The summed E-state index contributed by atoms with van der Waals surface area (Å²) < 4.78 is 32.9. The fourth-order valence-corrected chi connectivity index (χ4v) is 2.52. The lowest BCUT2D eigenvalue weighted by atomic mass is 10.1. The van der Waals surface area contributed by atoms with Gasteiger partial charge in [0.25, 0.3) is 0 Å². The molecule has 0 amide bonds. The second-order valence-electron chi connectivity index (χ2n) is 5.79. The fraction of sp³-hybridized carbons (Fsp3) is 0.588. The monoisotopic (exact) mass is 386 g/mol. The number of hydrogen-bond donors (Lipinski definition) is 3. The zero-order valence-corrected chi connectivity index (χ0v) is 16.6. The Balaban J connectivity index is 2.74. The van der Waals surface area contributed by atoms with Crippen LogP contribution in [0.3, 0.4) is 0 Å². The van der Waals surface area contributed by atoms with Crippen LogP contribution < -0.4 is 20.5 Å². The molecular weight excluding hydrogens is 356 g/mol. The van der Waals surface area contributed by atoms with Crippen molar-refractivity contribution in [3.63, 3.8) is 0 Å². The molecule has 1 rings (SSSR count). The van der Waals surface area contributed by atoms with Crippen molar-refractivity contribution >= 4 is 16.0 Å². The number of hydrogen-bond acceptors (Lipinski definition) is 5. The molecule has 0 heterocycles. The summed E-state index contributed by atoms with van der Waals surface area (Å²) in [6.45, 7) is 6.43. The number of methoxy groups -OCH3 is 1. The molecular formula is C17H30N4O4S. The van der Waals surface area contributed by atoms with Crippen molar-refractivity contribution in [3.8, 4) is 5.75 Å². The van der Waals surface area contributed by atoms with Crippen LogP contribution in [0.25, 0.3) is 0 Å². The molecule has 0 aliphatic heterocycles. The number of aryl methyl sites for hydroxylation is 1. The zero-order chi connectivity index (χ0) is 19.4. The van der Waals surface area contributed by atoms with E-state index >= 15 is 0 Å². The second-order valence-corrected chi connectivity index (χ2v) is 7.53. The summed E-state index contributed by atoms with van der Waals surface area (Å²) in [5.41, 5.74) is 2.06. The van der Waals surface area contributed by atoms with E-state index in [0.717, 1.165) is 23.3 Å². The average Bonchev–Trinajstić information content (AvgIpc) is 2.56. The van der Waals surface area contributed by atoms with E-state index in [4.69, 9.17) is 14.6 Å². The first-order valence-corrected chi connectivity index (χ1v) is 10.3. The molecule has 26 heavy (non-hydrogen) atoms. The Kier molecular flexibility index (Phi) is 10.0. The topological polar surface area (TPSA) is 115 Å². The van der Waals surface area contributed by atoms with E-state index in [1.807, 2.05) is 32.0 Å². The second kappa shape index (κ2) is 11.7. The van der Waals surface area contributed by atoms with Gasteiger partial charge in [0.05, 0.1) is 18.9 Å². The Morgan fingerprint density at radius 2 is 2.04 bits per heavy atom. The fourth-order valence-electron chi connectivity index (χ4n) is 2.13. The normalized spacial score (nSPS) is 12.1. The van der Waals surface area contributed by atoms with E-state index in [1.54, 1.807) is 7.11 Å². The van der Waals surface area contributed by atoms with Gasteiger partial charge in [-0.05, 0) is 25.5 Å². The number of nitrogens with one attached hydrogen (secondary N) is 2. The molecule has 0 aliphatic carbocycles. The van der Waals surface area contributed by atoms with Crippen LogP contribution in [-0.2, 0) is 21.3 Å². The standard InChI is InChI=1S/C17H30N4O4S/c1-4-19-17(20-8-11-26(18,22)23)21-13-15-7-6-14(2)12-16(15)25-10-5-9-24-3/h6-7,12H,4-5,8-11,13H2,1-3H3,(H2,18,22,23)(H2,19,20,21). The summed E-state index contributed by atoms with van der Waals surface area (Å²) >= 11 is 0. The lowest BCUT2D eigenvalue weighted by Gasteiger charge is -2.13. The van der Waals surface area contributed by atoms with E-state index in [1.165, 1.54) is 0 Å². The molecule has 0 spiro atoms. The lowest BCUT2D eigenvalue weighted by Crippen LogP contribution is -2.40. The molecule has 0 fully saturated rings. The molecule has 0 unspecified atom stereocenters. The molecule has 0 radical (unpaired) electrons. The summed E-state index contributed by atoms with van der Waals surface area (Å²) in [5.74, 6) is 1.17. The predicted molar refractivity (Wildman–Crippen MR) is 104 cm³/mol. The van der Waals surface area contributed by atoms with Gasteiger partial charge in [-0.2, -0.15) is 0 Å². The Morgan fingerprint density at radius 3 is 2.69 bits per heavy atom. The first-order valence-electron chi connectivity index (χ1n) is 8.59. The summed E-state index contributed by atoms with van der Waals surface area (Å²) in [6, 6.07) is 5.98. The number of benzene rings is 1. The van der Waals surface area contributed by atoms with E-state index in [9.17, 15) is 8.42 Å². The van der Waals surface area contributed by atoms with Crippen LogP contribution in [0.2, 0.25) is 0 Å². The van der Waals surface area contributed by atoms with Crippen LogP contribution in [0, 0.1) is 6.92 Å². The highest BCUT2D eigenvalue weighted by Gasteiger charge is 2.06. The molecule has 0 saturated carbocycles. The number of sulfonamides is 1. The minimum atomic E-state index is -3.50.